The maximum atomic E-state index is 13.1. The summed E-state index contributed by atoms with van der Waals surface area (Å²) in [5, 5.41) is 10.6. The number of aliphatic hydroxyl groups is 1. The van der Waals surface area contributed by atoms with E-state index in [1.165, 1.54) is 0 Å². The SMILES string of the molecule is CC/C=C\C/C=C\C/C=C\C/C=C\C/C=C\CCCC(=O)OCC(COP(=O)(O)OCC(O)COP(=O)(O)OCC(COC(=O)CCCCCCCC/C=C\C/C=C\C/C=C\C/C=C\CC)OC(=O)CCCCCCC/C=C\C/C=C\CCC)OC(=O)CCCCCCC/C=C\C/C=C\C/C=C\CC. The monoisotopic (exact) mass is 1490 g/mol. The maximum Gasteiger partial charge on any atom is 0.472 e. The summed E-state index contributed by atoms with van der Waals surface area (Å²) in [4.78, 5) is 73.0. The Hall–Kier alpha value is -5.58. The van der Waals surface area contributed by atoms with Crippen molar-refractivity contribution in [2.24, 2.45) is 0 Å². The molecule has 0 aliphatic rings. The van der Waals surface area contributed by atoms with Crippen LogP contribution in [0.25, 0.3) is 0 Å². The largest absolute Gasteiger partial charge is 0.472 e. The average Bonchev–Trinajstić information content (AvgIpc) is 0.939. The Labute approximate surface area is 629 Å². The zero-order chi connectivity index (χ0) is 76.0. The fourth-order valence-corrected chi connectivity index (χ4v) is 11.3. The van der Waals surface area contributed by atoms with Crippen molar-refractivity contribution in [1.82, 2.24) is 0 Å². The summed E-state index contributed by atoms with van der Waals surface area (Å²) in [5.74, 6) is -2.31. The first-order chi connectivity index (χ1) is 50.7. The lowest BCUT2D eigenvalue weighted by Crippen LogP contribution is -2.30. The van der Waals surface area contributed by atoms with Gasteiger partial charge in [-0.15, -0.1) is 0 Å². The summed E-state index contributed by atoms with van der Waals surface area (Å²) in [7, 11) is -10.00. The van der Waals surface area contributed by atoms with Crippen molar-refractivity contribution in [1.29, 1.82) is 0 Å². The molecule has 0 aromatic carbocycles. The molecule has 0 amide bonds. The van der Waals surface area contributed by atoms with Gasteiger partial charge in [0.2, 0.25) is 0 Å². The van der Waals surface area contributed by atoms with Gasteiger partial charge in [0, 0.05) is 25.7 Å². The Morgan fingerprint density at radius 1 is 0.279 bits per heavy atom. The van der Waals surface area contributed by atoms with Gasteiger partial charge in [0.15, 0.2) is 12.2 Å². The van der Waals surface area contributed by atoms with E-state index in [1.807, 2.05) is 12.2 Å². The quantitative estimate of drug-likeness (QED) is 0.0169. The first-order valence-corrected chi connectivity index (χ1v) is 42.4. The molecule has 0 saturated carbocycles. The minimum atomic E-state index is -5.00. The summed E-state index contributed by atoms with van der Waals surface area (Å²) in [6.07, 6.45) is 89.1. The molecule has 5 atom stereocenters. The number of carbonyl (C=O) groups is 4. The van der Waals surface area contributed by atoms with E-state index in [1.54, 1.807) is 0 Å². The molecule has 0 rings (SSSR count). The second-order valence-electron chi connectivity index (χ2n) is 25.5. The predicted octanol–water partition coefficient (Wildman–Crippen LogP) is 23.0. The number of hydrogen-bond acceptors (Lipinski definition) is 15. The molecule has 0 radical (unpaired) electrons. The number of allylic oxidation sites excluding steroid dienone is 28. The van der Waals surface area contributed by atoms with Gasteiger partial charge in [-0.1, -0.05) is 268 Å². The van der Waals surface area contributed by atoms with Crippen molar-refractivity contribution in [3.8, 4) is 0 Å². The van der Waals surface area contributed by atoms with Gasteiger partial charge in [0.25, 0.3) is 0 Å². The van der Waals surface area contributed by atoms with Crippen molar-refractivity contribution in [2.45, 2.75) is 303 Å². The highest BCUT2D eigenvalue weighted by Gasteiger charge is 2.30. The van der Waals surface area contributed by atoms with Crippen molar-refractivity contribution < 1.29 is 80.2 Å². The molecule has 0 spiro atoms. The first kappa shape index (κ1) is 98.4. The van der Waals surface area contributed by atoms with Crippen LogP contribution in [0.2, 0.25) is 0 Å². The van der Waals surface area contributed by atoms with Gasteiger partial charge in [0.1, 0.15) is 19.3 Å². The van der Waals surface area contributed by atoms with E-state index in [0.29, 0.717) is 32.1 Å². The van der Waals surface area contributed by atoms with Gasteiger partial charge in [0.05, 0.1) is 26.4 Å². The first-order valence-electron chi connectivity index (χ1n) is 39.4. The fraction of sp³-hybridized carbons (Fsp3) is 0.624. The molecule has 0 aliphatic heterocycles. The van der Waals surface area contributed by atoms with E-state index in [9.17, 15) is 43.2 Å². The molecule has 0 aliphatic carbocycles. The molecular weight excluding hydrogens is 1350 g/mol. The smallest absolute Gasteiger partial charge is 0.462 e. The Balaban J connectivity index is 5.44. The van der Waals surface area contributed by atoms with Gasteiger partial charge in [-0.3, -0.25) is 37.3 Å². The van der Waals surface area contributed by atoms with Gasteiger partial charge < -0.3 is 33.8 Å². The third-order valence-corrected chi connectivity index (χ3v) is 17.5. The topological polar surface area (TPSA) is 237 Å². The number of aliphatic hydroxyl groups excluding tert-OH is 1. The van der Waals surface area contributed by atoms with Crippen molar-refractivity contribution >= 4 is 39.5 Å². The number of unbranched alkanes of at least 4 members (excludes halogenated alkanes) is 18. The lowest BCUT2D eigenvalue weighted by molar-refractivity contribution is -0.161. The van der Waals surface area contributed by atoms with Gasteiger partial charge in [-0.25, -0.2) is 9.13 Å². The van der Waals surface area contributed by atoms with Crippen LogP contribution in [-0.4, -0.2) is 96.7 Å². The molecule has 5 unspecified atom stereocenters. The fourth-order valence-electron chi connectivity index (χ4n) is 9.77. The molecule has 0 aromatic heterocycles. The van der Waals surface area contributed by atoms with Crippen LogP contribution in [0.5, 0.6) is 0 Å². The van der Waals surface area contributed by atoms with Crippen LogP contribution in [0.15, 0.2) is 170 Å². The molecule has 0 aromatic rings. The van der Waals surface area contributed by atoms with E-state index in [0.717, 1.165) is 199 Å². The number of esters is 4. The van der Waals surface area contributed by atoms with E-state index in [4.69, 9.17) is 37.0 Å². The third-order valence-electron chi connectivity index (χ3n) is 15.6. The summed E-state index contributed by atoms with van der Waals surface area (Å²) < 4.78 is 68.5. The summed E-state index contributed by atoms with van der Waals surface area (Å²) in [5.41, 5.74) is 0. The molecule has 0 saturated heterocycles. The highest BCUT2D eigenvalue weighted by atomic mass is 31.2. The van der Waals surface area contributed by atoms with E-state index < -0.39 is 97.5 Å². The Kier molecular flexibility index (Phi) is 71.6. The molecule has 0 fully saturated rings. The molecule has 104 heavy (non-hydrogen) atoms. The standard InChI is InChI=1S/C85H138O17P2/c1-5-9-13-17-21-25-29-33-36-38-39-41-44-47-50-54-58-62-66-70-83(88)95-75-80(101-84(89)71-67-63-59-55-51-45-32-28-24-20-16-12-8-4)77-99-103(91,92)97-73-79(86)74-98-104(93,94)100-78-81(102-85(90)72-68-64-60-56-52-48-42-35-31-27-23-19-15-11-7-3)76-96-82(87)69-65-61-57-53-49-46-43-40-37-34-30-26-22-18-14-10-6-2/h9-11,13-16,20-23,25-28,32-37,39,41-43,46,53,57,79-81,86H,5-8,12,17-19,24,29-31,38,40,44-45,47-52,54-56,58-78H2,1-4H3,(H,91,92)(H,93,94)/b13-9-,14-10-,15-11-,20-16-,25-21-,26-22-,27-23-,32-28-,36-33-,37-34-,41-39-,42-35-,46-43-,57-53-. The Morgan fingerprint density at radius 2 is 0.510 bits per heavy atom. The van der Waals surface area contributed by atoms with E-state index in [-0.39, 0.29) is 25.7 Å². The summed E-state index contributed by atoms with van der Waals surface area (Å²) in [6.45, 7) is 4.34. The number of phosphoric acid groups is 2. The summed E-state index contributed by atoms with van der Waals surface area (Å²) in [6, 6.07) is 0. The van der Waals surface area contributed by atoms with Gasteiger partial charge in [-0.05, 0) is 161 Å². The molecule has 590 valence electrons. The number of phosphoric ester groups is 2. The molecule has 19 heteroatoms. The Bertz CT molecular complexity index is 2640. The highest BCUT2D eigenvalue weighted by Crippen LogP contribution is 2.45. The molecule has 0 bridgehead atoms. The molecule has 0 heterocycles. The van der Waals surface area contributed by atoms with Crippen LogP contribution in [0.1, 0.15) is 285 Å². The van der Waals surface area contributed by atoms with E-state index >= 15 is 0 Å². The Morgan fingerprint density at radius 3 is 0.808 bits per heavy atom. The van der Waals surface area contributed by atoms with Crippen LogP contribution in [0.3, 0.4) is 0 Å². The molecular formula is C85H138O17P2. The van der Waals surface area contributed by atoms with E-state index in [2.05, 4.69) is 186 Å². The van der Waals surface area contributed by atoms with Crippen LogP contribution >= 0.6 is 15.6 Å². The molecule has 3 N–H and O–H groups in total. The normalized spacial score (nSPS) is 14.8. The maximum absolute atomic E-state index is 13.1. The minimum Gasteiger partial charge on any atom is -0.462 e. The minimum absolute atomic E-state index is 0.0569. The van der Waals surface area contributed by atoms with Crippen LogP contribution in [0, 0.1) is 0 Å². The highest BCUT2D eigenvalue weighted by molar-refractivity contribution is 7.47. The summed E-state index contributed by atoms with van der Waals surface area (Å²) >= 11 is 0. The van der Waals surface area contributed by atoms with Crippen LogP contribution in [0.4, 0.5) is 0 Å². The average molecular weight is 1490 g/mol. The zero-order valence-corrected chi connectivity index (χ0v) is 66.2. The van der Waals surface area contributed by atoms with Gasteiger partial charge >= 0.3 is 39.5 Å². The second-order valence-corrected chi connectivity index (χ2v) is 28.4. The second kappa shape index (κ2) is 75.6. The van der Waals surface area contributed by atoms with Crippen LogP contribution < -0.4 is 0 Å². The lowest BCUT2D eigenvalue weighted by atomic mass is 10.1. The molecule has 17 nitrogen and oxygen atoms in total. The lowest BCUT2D eigenvalue weighted by Gasteiger charge is -2.21. The van der Waals surface area contributed by atoms with Crippen molar-refractivity contribution in [3.05, 3.63) is 170 Å². The third kappa shape index (κ3) is 74.7. The zero-order valence-electron chi connectivity index (χ0n) is 64.4. The van der Waals surface area contributed by atoms with Gasteiger partial charge in [-0.2, -0.15) is 0 Å². The number of ether oxygens (including phenoxy) is 4. The number of carbonyl (C=O) groups excluding carboxylic acids is 4. The van der Waals surface area contributed by atoms with Crippen molar-refractivity contribution in [3.63, 3.8) is 0 Å². The number of hydrogen-bond donors (Lipinski definition) is 3. The number of rotatable bonds is 72. The predicted molar refractivity (Wildman–Crippen MR) is 426 cm³/mol. The van der Waals surface area contributed by atoms with Crippen LogP contribution in [-0.2, 0) is 65.4 Å². The van der Waals surface area contributed by atoms with Crippen molar-refractivity contribution in [2.75, 3.05) is 39.6 Å².